The third-order valence-corrected chi connectivity index (χ3v) is 2.75. The van der Waals surface area contributed by atoms with Crippen LogP contribution in [0.15, 0.2) is 18.2 Å². The Morgan fingerprint density at radius 3 is 2.79 bits per heavy atom. The molecule has 0 unspecified atom stereocenters. The molecule has 2 rings (SSSR count). The second kappa shape index (κ2) is 3.77. The molecule has 0 amide bonds. The van der Waals surface area contributed by atoms with Gasteiger partial charge in [0.2, 0.25) is 0 Å². The van der Waals surface area contributed by atoms with Crippen molar-refractivity contribution < 1.29 is 5.11 Å². The lowest BCUT2D eigenvalue weighted by atomic mass is 10.1. The van der Waals surface area contributed by atoms with Crippen LogP contribution in [0, 0.1) is 0 Å². The van der Waals surface area contributed by atoms with Gasteiger partial charge in [0.15, 0.2) is 0 Å². The number of halogens is 1. The van der Waals surface area contributed by atoms with Gasteiger partial charge in [0.25, 0.3) is 0 Å². The van der Waals surface area contributed by atoms with Crippen molar-refractivity contribution in [3.05, 3.63) is 28.8 Å². The topological polar surface area (TPSA) is 49.5 Å². The Morgan fingerprint density at radius 2 is 2.21 bits per heavy atom. The summed E-state index contributed by atoms with van der Waals surface area (Å²) in [5.41, 5.74) is 7.44. The lowest BCUT2D eigenvalue weighted by Crippen LogP contribution is -2.49. The Morgan fingerprint density at radius 1 is 1.50 bits per heavy atom. The SMILES string of the molecule is Nc1cc(CN2CC(O)C2)ccc1Cl. The highest BCUT2D eigenvalue weighted by atomic mass is 35.5. The maximum absolute atomic E-state index is 9.11. The molecular formula is C10H13ClN2O. The van der Waals surface area contributed by atoms with E-state index in [0.29, 0.717) is 10.7 Å². The Hall–Kier alpha value is -0.770. The summed E-state index contributed by atoms with van der Waals surface area (Å²) in [6.45, 7) is 2.34. The van der Waals surface area contributed by atoms with Gasteiger partial charge in [-0.05, 0) is 17.7 Å². The largest absolute Gasteiger partial charge is 0.398 e. The van der Waals surface area contributed by atoms with Gasteiger partial charge in [0, 0.05) is 19.6 Å². The molecule has 1 aromatic carbocycles. The maximum atomic E-state index is 9.11. The van der Waals surface area contributed by atoms with Gasteiger partial charge in [-0.1, -0.05) is 17.7 Å². The first-order valence-electron chi connectivity index (χ1n) is 4.59. The summed E-state index contributed by atoms with van der Waals surface area (Å²) in [6, 6.07) is 5.65. The van der Waals surface area contributed by atoms with Crippen LogP contribution in [0.3, 0.4) is 0 Å². The van der Waals surface area contributed by atoms with E-state index in [1.807, 2.05) is 18.2 Å². The Bertz CT molecular complexity index is 337. The molecule has 1 aliphatic rings. The molecule has 1 aromatic rings. The number of aliphatic hydroxyl groups is 1. The molecule has 76 valence electrons. The van der Waals surface area contributed by atoms with E-state index in [1.54, 1.807) is 0 Å². The number of hydrogen-bond donors (Lipinski definition) is 2. The second-order valence-corrected chi connectivity index (χ2v) is 4.11. The summed E-state index contributed by atoms with van der Waals surface area (Å²) in [5.74, 6) is 0. The van der Waals surface area contributed by atoms with E-state index in [9.17, 15) is 0 Å². The van der Waals surface area contributed by atoms with E-state index in [1.165, 1.54) is 0 Å². The Kier molecular flexibility index (Phi) is 2.63. The summed E-state index contributed by atoms with van der Waals surface area (Å²) < 4.78 is 0. The monoisotopic (exact) mass is 212 g/mol. The third kappa shape index (κ3) is 2.00. The van der Waals surface area contributed by atoms with Crippen molar-refractivity contribution in [3.63, 3.8) is 0 Å². The maximum Gasteiger partial charge on any atom is 0.0794 e. The van der Waals surface area contributed by atoms with Gasteiger partial charge in [-0.25, -0.2) is 0 Å². The zero-order chi connectivity index (χ0) is 10.1. The molecule has 4 heteroatoms. The summed E-state index contributed by atoms with van der Waals surface area (Å²) in [6.07, 6.45) is -0.153. The number of benzene rings is 1. The lowest BCUT2D eigenvalue weighted by molar-refractivity contribution is -0.00285. The van der Waals surface area contributed by atoms with E-state index in [-0.39, 0.29) is 6.10 Å². The minimum atomic E-state index is -0.153. The van der Waals surface area contributed by atoms with Crippen LogP contribution in [0.2, 0.25) is 5.02 Å². The first-order chi connectivity index (χ1) is 6.65. The van der Waals surface area contributed by atoms with E-state index >= 15 is 0 Å². The molecule has 1 saturated heterocycles. The normalized spacial score (nSPS) is 18.1. The number of hydrogen-bond acceptors (Lipinski definition) is 3. The van der Waals surface area contributed by atoms with E-state index < -0.39 is 0 Å². The number of nitrogens with two attached hydrogens (primary N) is 1. The molecule has 0 atom stereocenters. The highest BCUT2D eigenvalue weighted by Crippen LogP contribution is 2.21. The van der Waals surface area contributed by atoms with Crippen LogP contribution in [0.4, 0.5) is 5.69 Å². The average Bonchev–Trinajstić information content (AvgIpc) is 2.09. The van der Waals surface area contributed by atoms with Crippen molar-refractivity contribution in [1.82, 2.24) is 4.90 Å². The number of anilines is 1. The van der Waals surface area contributed by atoms with Crippen molar-refractivity contribution in [2.45, 2.75) is 12.6 Å². The highest BCUT2D eigenvalue weighted by Gasteiger charge is 2.23. The third-order valence-electron chi connectivity index (χ3n) is 2.40. The van der Waals surface area contributed by atoms with Crippen molar-refractivity contribution in [1.29, 1.82) is 0 Å². The first-order valence-corrected chi connectivity index (χ1v) is 4.97. The van der Waals surface area contributed by atoms with Crippen LogP contribution in [0.1, 0.15) is 5.56 Å². The summed E-state index contributed by atoms with van der Waals surface area (Å²) in [5, 5.41) is 9.70. The van der Waals surface area contributed by atoms with Gasteiger partial charge in [-0.3, -0.25) is 4.90 Å². The van der Waals surface area contributed by atoms with E-state index in [4.69, 9.17) is 22.4 Å². The fourth-order valence-electron chi connectivity index (χ4n) is 1.62. The number of nitrogen functional groups attached to an aromatic ring is 1. The van der Waals surface area contributed by atoms with Gasteiger partial charge in [-0.15, -0.1) is 0 Å². The second-order valence-electron chi connectivity index (χ2n) is 3.70. The predicted molar refractivity (Wildman–Crippen MR) is 57.1 cm³/mol. The molecule has 3 N–H and O–H groups in total. The van der Waals surface area contributed by atoms with Crippen LogP contribution < -0.4 is 5.73 Å². The smallest absolute Gasteiger partial charge is 0.0794 e. The first kappa shape index (κ1) is 9.77. The van der Waals surface area contributed by atoms with Crippen LogP contribution in [0.5, 0.6) is 0 Å². The molecule has 0 radical (unpaired) electrons. The number of β-amino-alcohol motifs (C(OH)–C–C–N with tert-alkyl or cyclic N) is 1. The Balaban J connectivity index is 2.00. The summed E-state index contributed by atoms with van der Waals surface area (Å²) >= 11 is 5.81. The number of rotatable bonds is 2. The molecule has 0 saturated carbocycles. The minimum absolute atomic E-state index is 0.153. The van der Waals surface area contributed by atoms with Crippen molar-refractivity contribution in [2.75, 3.05) is 18.8 Å². The fourth-order valence-corrected chi connectivity index (χ4v) is 1.74. The summed E-state index contributed by atoms with van der Waals surface area (Å²) in [4.78, 5) is 2.16. The fraction of sp³-hybridized carbons (Fsp3) is 0.400. The molecule has 1 fully saturated rings. The van der Waals surface area contributed by atoms with E-state index in [2.05, 4.69) is 4.90 Å². The molecule has 0 bridgehead atoms. The molecular weight excluding hydrogens is 200 g/mol. The standard InChI is InChI=1S/C10H13ClN2O/c11-9-2-1-7(3-10(9)12)4-13-5-8(14)6-13/h1-3,8,14H,4-6,12H2. The van der Waals surface area contributed by atoms with Crippen LogP contribution in [0.25, 0.3) is 0 Å². The summed E-state index contributed by atoms with van der Waals surface area (Å²) in [7, 11) is 0. The zero-order valence-electron chi connectivity index (χ0n) is 7.78. The van der Waals surface area contributed by atoms with Crippen LogP contribution >= 0.6 is 11.6 Å². The van der Waals surface area contributed by atoms with Crippen molar-refractivity contribution in [3.8, 4) is 0 Å². The number of likely N-dealkylation sites (tertiary alicyclic amines) is 1. The van der Waals surface area contributed by atoms with Gasteiger partial charge in [-0.2, -0.15) is 0 Å². The number of aliphatic hydroxyl groups excluding tert-OH is 1. The van der Waals surface area contributed by atoms with Crippen LogP contribution in [-0.4, -0.2) is 29.2 Å². The minimum Gasteiger partial charge on any atom is -0.398 e. The zero-order valence-corrected chi connectivity index (χ0v) is 8.54. The predicted octanol–water partition coefficient (Wildman–Crippen LogP) is 1.10. The highest BCUT2D eigenvalue weighted by molar-refractivity contribution is 6.33. The van der Waals surface area contributed by atoms with Gasteiger partial charge >= 0.3 is 0 Å². The average molecular weight is 213 g/mol. The number of nitrogens with zero attached hydrogens (tertiary/aromatic N) is 1. The van der Waals surface area contributed by atoms with Gasteiger partial charge in [0.05, 0.1) is 16.8 Å². The molecule has 0 aliphatic carbocycles. The quantitative estimate of drug-likeness (QED) is 0.722. The molecule has 0 aromatic heterocycles. The van der Waals surface area contributed by atoms with Crippen LogP contribution in [-0.2, 0) is 6.54 Å². The van der Waals surface area contributed by atoms with Gasteiger partial charge < -0.3 is 10.8 Å². The molecule has 1 aliphatic heterocycles. The Labute approximate surface area is 88.1 Å². The molecule has 3 nitrogen and oxygen atoms in total. The molecule has 1 heterocycles. The molecule has 0 spiro atoms. The van der Waals surface area contributed by atoms with Crippen molar-refractivity contribution >= 4 is 17.3 Å². The molecule has 14 heavy (non-hydrogen) atoms. The lowest BCUT2D eigenvalue weighted by Gasteiger charge is -2.35. The van der Waals surface area contributed by atoms with E-state index in [0.717, 1.165) is 25.2 Å². The van der Waals surface area contributed by atoms with Gasteiger partial charge in [0.1, 0.15) is 0 Å². The van der Waals surface area contributed by atoms with Crippen molar-refractivity contribution in [2.24, 2.45) is 0 Å².